The van der Waals surface area contributed by atoms with Crippen LogP contribution in [0.1, 0.15) is 17.2 Å². The van der Waals surface area contributed by atoms with Crippen LogP contribution in [0.25, 0.3) is 0 Å². The second-order valence-corrected chi connectivity index (χ2v) is 6.65. The summed E-state index contributed by atoms with van der Waals surface area (Å²) >= 11 is 0. The molecule has 2 aromatic carbocycles. The first-order valence-corrected chi connectivity index (χ1v) is 8.58. The highest BCUT2D eigenvalue weighted by atomic mass is 19.4. The van der Waals surface area contributed by atoms with Gasteiger partial charge in [0, 0.05) is 12.7 Å². The van der Waals surface area contributed by atoms with E-state index in [1.165, 1.54) is 29.0 Å². The van der Waals surface area contributed by atoms with Crippen LogP contribution in [0.15, 0.2) is 65.9 Å². The number of hydrogen-bond acceptors (Lipinski definition) is 2. The lowest BCUT2D eigenvalue weighted by Crippen LogP contribution is -2.45. The van der Waals surface area contributed by atoms with Crippen molar-refractivity contribution in [2.75, 3.05) is 18.5 Å². The number of benzene rings is 2. The van der Waals surface area contributed by atoms with Crippen LogP contribution in [0.2, 0.25) is 0 Å². The topological polar surface area (TPSA) is 52.7 Å². The molecule has 0 radical (unpaired) electrons. The van der Waals surface area contributed by atoms with Gasteiger partial charge in [0.05, 0.1) is 29.4 Å². The number of alkyl halides is 3. The first-order valence-electron chi connectivity index (χ1n) is 8.58. The Kier molecular flexibility index (Phi) is 4.14. The Morgan fingerprint density at radius 1 is 1.04 bits per heavy atom. The number of carbonyl (C=O) groups excluding carboxylic acids is 2. The Bertz CT molecular complexity index is 986. The molecule has 0 saturated heterocycles. The molecule has 8 heteroatoms. The predicted molar refractivity (Wildman–Crippen MR) is 96.3 cm³/mol. The van der Waals surface area contributed by atoms with Gasteiger partial charge in [0.15, 0.2) is 0 Å². The summed E-state index contributed by atoms with van der Waals surface area (Å²) in [5.41, 5.74) is 0.896. The van der Waals surface area contributed by atoms with Crippen LogP contribution in [-0.4, -0.2) is 30.4 Å². The maximum Gasteiger partial charge on any atom is 0.416 e. The Morgan fingerprint density at radius 2 is 1.75 bits per heavy atom. The van der Waals surface area contributed by atoms with Crippen LogP contribution >= 0.6 is 0 Å². The number of halogens is 3. The highest BCUT2D eigenvalue weighted by molar-refractivity contribution is 6.11. The lowest BCUT2D eigenvalue weighted by molar-refractivity contribution is -0.137. The quantitative estimate of drug-likeness (QED) is 0.854. The molecule has 5 nitrogen and oxygen atoms in total. The summed E-state index contributed by atoms with van der Waals surface area (Å²) in [5.74, 6) is -0.421. The molecule has 28 heavy (non-hydrogen) atoms. The largest absolute Gasteiger partial charge is 0.416 e. The summed E-state index contributed by atoms with van der Waals surface area (Å²) in [6.45, 7) is 0.0305. The van der Waals surface area contributed by atoms with Crippen molar-refractivity contribution in [2.24, 2.45) is 0 Å². The van der Waals surface area contributed by atoms with Gasteiger partial charge in [-0.2, -0.15) is 13.2 Å². The van der Waals surface area contributed by atoms with Crippen LogP contribution in [0, 0.1) is 0 Å². The van der Waals surface area contributed by atoms with Crippen molar-refractivity contribution in [2.45, 2.75) is 12.2 Å². The monoisotopic (exact) mass is 387 g/mol. The summed E-state index contributed by atoms with van der Waals surface area (Å²) < 4.78 is 39.2. The zero-order valence-corrected chi connectivity index (χ0v) is 14.8. The molecule has 0 unspecified atom stereocenters. The molecule has 2 aliphatic rings. The molecule has 0 saturated carbocycles. The molecule has 0 bridgehead atoms. The van der Waals surface area contributed by atoms with Gasteiger partial charge in [-0.25, -0.2) is 4.79 Å². The fourth-order valence-electron chi connectivity index (χ4n) is 3.52. The number of urea groups is 1. The average Bonchev–Trinajstić information content (AvgIpc) is 3.02. The van der Waals surface area contributed by atoms with Crippen LogP contribution in [-0.2, 0) is 11.0 Å². The van der Waals surface area contributed by atoms with E-state index in [0.29, 0.717) is 11.3 Å². The molecule has 4 rings (SSSR count). The number of hydrogen-bond donors (Lipinski definition) is 1. The second kappa shape index (κ2) is 6.40. The maximum atomic E-state index is 13.1. The van der Waals surface area contributed by atoms with Gasteiger partial charge in [0.1, 0.15) is 0 Å². The lowest BCUT2D eigenvalue weighted by Gasteiger charge is -2.31. The molecule has 1 atom stereocenters. The van der Waals surface area contributed by atoms with Crippen molar-refractivity contribution in [3.05, 3.63) is 77.0 Å². The van der Waals surface area contributed by atoms with Gasteiger partial charge < -0.3 is 10.2 Å². The Balaban J connectivity index is 1.74. The van der Waals surface area contributed by atoms with Gasteiger partial charge in [-0.1, -0.05) is 36.4 Å². The zero-order chi connectivity index (χ0) is 20.1. The first-order chi connectivity index (χ1) is 13.3. The number of nitrogens with zero attached hydrogens (tertiary/aromatic N) is 2. The standard InChI is InChI=1S/C20H16F3N3O2/c1-25-15-11-26(14-9-5-8-13(10-14)20(21,22)23)18(27)16(15)17(24-19(25)28)12-6-3-2-4-7-12/h2-10,17H,11H2,1H3,(H,24,28)/t17-/m0/s1. The van der Waals surface area contributed by atoms with Crippen LogP contribution < -0.4 is 10.2 Å². The molecule has 0 fully saturated rings. The summed E-state index contributed by atoms with van der Waals surface area (Å²) in [4.78, 5) is 28.1. The van der Waals surface area contributed by atoms with Gasteiger partial charge in [-0.15, -0.1) is 0 Å². The van der Waals surface area contributed by atoms with E-state index in [1.54, 1.807) is 24.3 Å². The molecule has 2 aromatic rings. The predicted octanol–water partition coefficient (Wildman–Crippen LogP) is 3.70. The van der Waals surface area contributed by atoms with Gasteiger partial charge >= 0.3 is 12.2 Å². The highest BCUT2D eigenvalue weighted by Gasteiger charge is 2.43. The summed E-state index contributed by atoms with van der Waals surface area (Å²) in [6, 6.07) is 12.6. The van der Waals surface area contributed by atoms with E-state index < -0.39 is 23.7 Å². The van der Waals surface area contributed by atoms with Gasteiger partial charge in [0.2, 0.25) is 0 Å². The number of likely N-dealkylation sites (N-methyl/N-ethyl adjacent to an activating group) is 1. The van der Waals surface area contributed by atoms with E-state index >= 15 is 0 Å². The van der Waals surface area contributed by atoms with Gasteiger partial charge in [0.25, 0.3) is 5.91 Å². The fourth-order valence-corrected chi connectivity index (χ4v) is 3.52. The number of amides is 3. The van der Waals surface area contributed by atoms with Crippen molar-refractivity contribution >= 4 is 17.6 Å². The molecular formula is C20H16F3N3O2. The average molecular weight is 387 g/mol. The third kappa shape index (κ3) is 2.90. The SMILES string of the molecule is CN1C(=O)N[C@@H](c2ccccc2)C2=C1CN(c1cccc(C(F)(F)F)c1)C2=O. The maximum absolute atomic E-state index is 13.1. The number of carbonyl (C=O) groups is 2. The molecule has 1 N–H and O–H groups in total. The van der Waals surface area contributed by atoms with Crippen molar-refractivity contribution in [3.63, 3.8) is 0 Å². The van der Waals surface area contributed by atoms with Crippen molar-refractivity contribution in [1.82, 2.24) is 10.2 Å². The minimum Gasteiger partial charge on any atom is -0.327 e. The van der Waals surface area contributed by atoms with Crippen molar-refractivity contribution < 1.29 is 22.8 Å². The number of rotatable bonds is 2. The summed E-state index contributed by atoms with van der Waals surface area (Å²) in [6.07, 6.45) is -4.51. The third-order valence-corrected chi connectivity index (χ3v) is 4.98. The molecule has 2 aliphatic heterocycles. The molecule has 0 spiro atoms. The second-order valence-electron chi connectivity index (χ2n) is 6.65. The summed E-state index contributed by atoms with van der Waals surface area (Å²) in [5, 5.41) is 2.79. The van der Waals surface area contributed by atoms with Gasteiger partial charge in [-0.3, -0.25) is 9.69 Å². The highest BCUT2D eigenvalue weighted by Crippen LogP contribution is 2.39. The Hall–Kier alpha value is -3.29. The minimum atomic E-state index is -4.51. The summed E-state index contributed by atoms with van der Waals surface area (Å²) in [7, 11) is 1.54. The van der Waals surface area contributed by atoms with E-state index in [2.05, 4.69) is 5.32 Å². The van der Waals surface area contributed by atoms with E-state index in [4.69, 9.17) is 0 Å². The minimum absolute atomic E-state index is 0.0305. The van der Waals surface area contributed by atoms with Crippen LogP contribution in [0.4, 0.5) is 23.7 Å². The first kappa shape index (κ1) is 18.1. The number of anilines is 1. The zero-order valence-electron chi connectivity index (χ0n) is 14.8. The van der Waals surface area contributed by atoms with Gasteiger partial charge in [-0.05, 0) is 23.8 Å². The molecule has 0 aromatic heterocycles. The smallest absolute Gasteiger partial charge is 0.327 e. The molecular weight excluding hydrogens is 371 g/mol. The Labute approximate surface area is 159 Å². The van der Waals surface area contributed by atoms with E-state index in [0.717, 1.165) is 17.7 Å². The van der Waals surface area contributed by atoms with Crippen LogP contribution in [0.3, 0.4) is 0 Å². The third-order valence-electron chi connectivity index (χ3n) is 4.98. The van der Waals surface area contributed by atoms with Crippen molar-refractivity contribution in [1.29, 1.82) is 0 Å². The molecule has 2 heterocycles. The van der Waals surface area contributed by atoms with Crippen molar-refractivity contribution in [3.8, 4) is 0 Å². The van der Waals surface area contributed by atoms with Crippen LogP contribution in [0.5, 0.6) is 0 Å². The fraction of sp³-hybridized carbons (Fsp3) is 0.200. The molecule has 0 aliphatic carbocycles. The van der Waals surface area contributed by atoms with E-state index in [1.807, 2.05) is 6.07 Å². The van der Waals surface area contributed by atoms with E-state index in [9.17, 15) is 22.8 Å². The molecule has 144 valence electrons. The normalized spacial score (nSPS) is 19.8. The molecule has 3 amide bonds. The van der Waals surface area contributed by atoms with E-state index in [-0.39, 0.29) is 18.3 Å². The lowest BCUT2D eigenvalue weighted by atomic mass is 9.96. The Morgan fingerprint density at radius 3 is 2.43 bits per heavy atom. The number of nitrogens with one attached hydrogen (secondary N) is 1.